The largest absolute Gasteiger partial charge is 0.443 e. The maximum absolute atomic E-state index is 12.5. The Balaban J connectivity index is 2.92. The lowest BCUT2D eigenvalue weighted by molar-refractivity contribution is -0.0109. The van der Waals surface area contributed by atoms with Crippen molar-refractivity contribution in [1.29, 1.82) is 0 Å². The van der Waals surface area contributed by atoms with Crippen LogP contribution >= 0.6 is 0 Å². The number of hydrogen-bond donors (Lipinski definition) is 1. The lowest BCUT2D eigenvalue weighted by atomic mass is 10.3. The molecule has 0 bridgehead atoms. The number of alkyl halides is 2. The molecule has 1 rings (SSSR count). The monoisotopic (exact) mass is 176 g/mol. The van der Waals surface area contributed by atoms with Crippen LogP contribution in [-0.2, 0) is 5.92 Å². The van der Waals surface area contributed by atoms with Gasteiger partial charge in [-0.2, -0.15) is 8.78 Å². The van der Waals surface area contributed by atoms with Gasteiger partial charge in [0, 0.05) is 13.0 Å². The number of halogens is 2. The van der Waals surface area contributed by atoms with Gasteiger partial charge < -0.3 is 10.2 Å². The zero-order valence-electron chi connectivity index (χ0n) is 6.84. The second kappa shape index (κ2) is 2.82. The lowest BCUT2D eigenvalue weighted by Crippen LogP contribution is -2.09. The van der Waals surface area contributed by atoms with Gasteiger partial charge in [-0.3, -0.25) is 0 Å². The Morgan fingerprint density at radius 3 is 2.50 bits per heavy atom. The molecule has 1 aromatic heterocycles. The highest BCUT2D eigenvalue weighted by Crippen LogP contribution is 2.26. The van der Waals surface area contributed by atoms with Gasteiger partial charge in [0.1, 0.15) is 6.26 Å². The smallest absolute Gasteiger partial charge is 0.319 e. The van der Waals surface area contributed by atoms with E-state index in [1.807, 2.05) is 0 Å². The molecule has 1 atom stereocenters. The van der Waals surface area contributed by atoms with Gasteiger partial charge in [-0.15, -0.1) is 0 Å². The number of nitrogens with zero attached hydrogens (tertiary/aromatic N) is 1. The van der Waals surface area contributed by atoms with Crippen LogP contribution in [0.3, 0.4) is 0 Å². The molecule has 3 nitrogen and oxygen atoms in total. The van der Waals surface area contributed by atoms with Crippen LogP contribution in [0.5, 0.6) is 0 Å². The van der Waals surface area contributed by atoms with Crippen LogP contribution < -0.4 is 5.73 Å². The van der Waals surface area contributed by atoms with E-state index in [1.54, 1.807) is 6.92 Å². The molecule has 0 aliphatic rings. The summed E-state index contributed by atoms with van der Waals surface area (Å²) in [6, 6.07) is -0.384. The van der Waals surface area contributed by atoms with Gasteiger partial charge in [-0.25, -0.2) is 4.98 Å². The third-order valence-corrected chi connectivity index (χ3v) is 1.36. The van der Waals surface area contributed by atoms with Crippen molar-refractivity contribution in [2.24, 2.45) is 5.73 Å². The molecule has 0 aliphatic carbocycles. The van der Waals surface area contributed by atoms with Crippen molar-refractivity contribution in [3.8, 4) is 0 Å². The number of hydrogen-bond acceptors (Lipinski definition) is 3. The summed E-state index contributed by atoms with van der Waals surface area (Å²) in [5.74, 6) is -3.62. The number of oxazole rings is 1. The first kappa shape index (κ1) is 9.12. The fourth-order valence-corrected chi connectivity index (χ4v) is 0.697. The second-order valence-corrected chi connectivity index (χ2v) is 2.75. The van der Waals surface area contributed by atoms with E-state index < -0.39 is 11.8 Å². The minimum atomic E-state index is -3.03. The van der Waals surface area contributed by atoms with Crippen LogP contribution in [0.2, 0.25) is 0 Å². The van der Waals surface area contributed by atoms with E-state index >= 15 is 0 Å². The fourth-order valence-electron chi connectivity index (χ4n) is 0.697. The third kappa shape index (κ3) is 1.79. The molecule has 0 aromatic carbocycles. The first-order chi connectivity index (χ1) is 5.41. The van der Waals surface area contributed by atoms with Crippen molar-refractivity contribution in [3.05, 3.63) is 17.8 Å². The Kier molecular flexibility index (Phi) is 2.14. The van der Waals surface area contributed by atoms with Gasteiger partial charge in [-0.1, -0.05) is 0 Å². The molecule has 1 unspecified atom stereocenters. The summed E-state index contributed by atoms with van der Waals surface area (Å²) >= 11 is 0. The Morgan fingerprint density at radius 1 is 1.67 bits per heavy atom. The van der Waals surface area contributed by atoms with Gasteiger partial charge in [0.15, 0.2) is 0 Å². The van der Waals surface area contributed by atoms with Crippen LogP contribution in [0, 0.1) is 0 Å². The molecule has 0 radical (unpaired) electrons. The minimum Gasteiger partial charge on any atom is -0.443 e. The fraction of sp³-hybridized carbons (Fsp3) is 0.571. The predicted molar refractivity (Wildman–Crippen MR) is 38.7 cm³/mol. The highest BCUT2D eigenvalue weighted by atomic mass is 19.3. The Morgan fingerprint density at radius 2 is 2.25 bits per heavy atom. The molecule has 0 saturated heterocycles. The molecule has 5 heteroatoms. The number of nitrogens with two attached hydrogens (primary N) is 1. The SMILES string of the molecule is CC(N)c1coc(C(C)(F)F)n1. The zero-order valence-corrected chi connectivity index (χ0v) is 6.84. The molecule has 1 aromatic rings. The maximum Gasteiger partial charge on any atom is 0.319 e. The van der Waals surface area contributed by atoms with E-state index in [0.29, 0.717) is 5.69 Å². The van der Waals surface area contributed by atoms with Crippen LogP contribution in [0.4, 0.5) is 8.78 Å². The van der Waals surface area contributed by atoms with Crippen molar-refractivity contribution in [1.82, 2.24) is 4.98 Å². The summed E-state index contributed by atoms with van der Waals surface area (Å²) < 4.78 is 29.6. The van der Waals surface area contributed by atoms with Crippen LogP contribution in [0.1, 0.15) is 31.5 Å². The average Bonchev–Trinajstić information content (AvgIpc) is 2.30. The summed E-state index contributed by atoms with van der Waals surface area (Å²) in [5, 5.41) is 0. The summed E-state index contributed by atoms with van der Waals surface area (Å²) in [4.78, 5) is 3.54. The molecule has 0 spiro atoms. The molecular weight excluding hydrogens is 166 g/mol. The normalized spacial score (nSPS) is 14.8. The summed E-state index contributed by atoms with van der Waals surface area (Å²) in [7, 11) is 0. The van der Waals surface area contributed by atoms with Gasteiger partial charge in [-0.05, 0) is 6.92 Å². The molecule has 0 saturated carbocycles. The summed E-state index contributed by atoms with van der Waals surface area (Å²) in [5.41, 5.74) is 5.74. The van der Waals surface area contributed by atoms with E-state index in [4.69, 9.17) is 5.73 Å². The Hall–Kier alpha value is -0.970. The van der Waals surface area contributed by atoms with Crippen molar-refractivity contribution in [2.45, 2.75) is 25.8 Å². The molecule has 68 valence electrons. The van der Waals surface area contributed by atoms with Gasteiger partial charge in [0.25, 0.3) is 5.89 Å². The van der Waals surface area contributed by atoms with Crippen molar-refractivity contribution in [2.75, 3.05) is 0 Å². The van der Waals surface area contributed by atoms with E-state index in [2.05, 4.69) is 9.40 Å². The molecule has 12 heavy (non-hydrogen) atoms. The first-order valence-electron chi connectivity index (χ1n) is 3.50. The third-order valence-electron chi connectivity index (χ3n) is 1.36. The van der Waals surface area contributed by atoms with E-state index in [1.165, 1.54) is 0 Å². The quantitative estimate of drug-likeness (QED) is 0.747. The van der Waals surface area contributed by atoms with Crippen LogP contribution in [0.15, 0.2) is 10.7 Å². The molecule has 0 fully saturated rings. The highest BCUT2D eigenvalue weighted by molar-refractivity contribution is 5.03. The van der Waals surface area contributed by atoms with Crippen molar-refractivity contribution < 1.29 is 13.2 Å². The lowest BCUT2D eigenvalue weighted by Gasteiger charge is -2.02. The zero-order chi connectivity index (χ0) is 9.35. The van der Waals surface area contributed by atoms with E-state index in [-0.39, 0.29) is 6.04 Å². The predicted octanol–water partition coefficient (Wildman–Crippen LogP) is 1.81. The van der Waals surface area contributed by atoms with Crippen molar-refractivity contribution >= 4 is 0 Å². The summed E-state index contributed by atoms with van der Waals surface area (Å²) in [6.07, 6.45) is 1.15. The first-order valence-corrected chi connectivity index (χ1v) is 3.50. The Bertz CT molecular complexity index is 265. The van der Waals surface area contributed by atoms with E-state index in [0.717, 1.165) is 13.2 Å². The van der Waals surface area contributed by atoms with Gasteiger partial charge in [0.05, 0.1) is 5.69 Å². The number of aromatic nitrogens is 1. The van der Waals surface area contributed by atoms with Gasteiger partial charge in [0.2, 0.25) is 0 Å². The van der Waals surface area contributed by atoms with Gasteiger partial charge >= 0.3 is 5.92 Å². The topological polar surface area (TPSA) is 52.0 Å². The molecule has 1 heterocycles. The molecule has 2 N–H and O–H groups in total. The average molecular weight is 176 g/mol. The molecule has 0 amide bonds. The van der Waals surface area contributed by atoms with Crippen molar-refractivity contribution in [3.63, 3.8) is 0 Å². The maximum atomic E-state index is 12.5. The Labute approximate surface area is 68.6 Å². The standard InChI is InChI=1S/C7H10F2N2O/c1-4(10)5-3-12-6(11-5)7(2,8)9/h3-4H,10H2,1-2H3. The highest BCUT2D eigenvalue weighted by Gasteiger charge is 2.30. The van der Waals surface area contributed by atoms with Crippen LogP contribution in [0.25, 0.3) is 0 Å². The van der Waals surface area contributed by atoms with Crippen LogP contribution in [-0.4, -0.2) is 4.98 Å². The summed E-state index contributed by atoms with van der Waals surface area (Å²) in [6.45, 7) is 2.37. The van der Waals surface area contributed by atoms with E-state index in [9.17, 15) is 8.78 Å². The molecular formula is C7H10F2N2O. The second-order valence-electron chi connectivity index (χ2n) is 2.75. The molecule has 0 aliphatic heterocycles. The number of rotatable bonds is 2. The minimum absolute atomic E-state index is 0.339.